The van der Waals surface area contributed by atoms with E-state index in [1.54, 1.807) is 7.11 Å². The lowest BCUT2D eigenvalue weighted by Gasteiger charge is -2.18. The monoisotopic (exact) mass is 314 g/mol. The number of hydrogen-bond acceptors (Lipinski definition) is 4. The largest absolute Gasteiger partial charge is 0.497 e. The highest BCUT2D eigenvalue weighted by molar-refractivity contribution is 7.53. The van der Waals surface area contributed by atoms with Crippen LogP contribution in [0.4, 0.5) is 0 Å². The molecule has 1 aromatic rings. The Kier molecular flexibility index (Phi) is 8.67. The van der Waals surface area contributed by atoms with Crippen molar-refractivity contribution in [3.63, 3.8) is 0 Å². The Bertz CT molecular complexity index is 430. The SMILES string of the molecule is CCCCOP(=O)(CCCC)OCc1ccc(OC)cc1. The second-order valence-electron chi connectivity index (χ2n) is 5.00. The average molecular weight is 314 g/mol. The molecule has 0 heterocycles. The third-order valence-corrected chi connectivity index (χ3v) is 5.12. The maximum absolute atomic E-state index is 12.7. The van der Waals surface area contributed by atoms with E-state index in [0.29, 0.717) is 19.4 Å². The van der Waals surface area contributed by atoms with Gasteiger partial charge in [0.05, 0.1) is 26.5 Å². The minimum Gasteiger partial charge on any atom is -0.497 e. The van der Waals surface area contributed by atoms with Crippen LogP contribution in [0.25, 0.3) is 0 Å². The fourth-order valence-corrected chi connectivity index (χ4v) is 3.55. The molecule has 1 atom stereocenters. The van der Waals surface area contributed by atoms with E-state index < -0.39 is 7.60 Å². The number of ether oxygens (including phenoxy) is 1. The van der Waals surface area contributed by atoms with Crippen molar-refractivity contribution in [2.24, 2.45) is 0 Å². The summed E-state index contributed by atoms with van der Waals surface area (Å²) in [5.41, 5.74) is 0.964. The lowest BCUT2D eigenvalue weighted by atomic mass is 10.2. The van der Waals surface area contributed by atoms with Crippen LogP contribution >= 0.6 is 7.60 Å². The molecule has 21 heavy (non-hydrogen) atoms. The number of hydrogen-bond donors (Lipinski definition) is 0. The first kappa shape index (κ1) is 18.2. The minimum atomic E-state index is -2.98. The van der Waals surface area contributed by atoms with Crippen LogP contribution < -0.4 is 4.74 Å². The molecule has 0 aliphatic carbocycles. The highest BCUT2D eigenvalue weighted by Crippen LogP contribution is 2.49. The molecule has 1 aromatic carbocycles. The zero-order valence-corrected chi connectivity index (χ0v) is 14.2. The third-order valence-electron chi connectivity index (χ3n) is 3.16. The van der Waals surface area contributed by atoms with Crippen molar-refractivity contribution in [3.8, 4) is 5.75 Å². The van der Waals surface area contributed by atoms with E-state index in [4.69, 9.17) is 13.8 Å². The van der Waals surface area contributed by atoms with E-state index in [1.165, 1.54) is 0 Å². The van der Waals surface area contributed by atoms with Crippen molar-refractivity contribution in [1.82, 2.24) is 0 Å². The quantitative estimate of drug-likeness (QED) is 0.425. The van der Waals surface area contributed by atoms with Crippen LogP contribution in [0.2, 0.25) is 0 Å². The van der Waals surface area contributed by atoms with Crippen molar-refractivity contribution < 1.29 is 18.3 Å². The smallest absolute Gasteiger partial charge is 0.330 e. The summed E-state index contributed by atoms with van der Waals surface area (Å²) < 4.78 is 29.0. The first-order chi connectivity index (χ1) is 10.1. The van der Waals surface area contributed by atoms with Crippen molar-refractivity contribution in [2.45, 2.75) is 46.1 Å². The van der Waals surface area contributed by atoms with Crippen LogP contribution in [0.3, 0.4) is 0 Å². The zero-order chi connectivity index (χ0) is 15.6. The summed E-state index contributed by atoms with van der Waals surface area (Å²) in [4.78, 5) is 0. The van der Waals surface area contributed by atoms with E-state index in [0.717, 1.165) is 37.0 Å². The van der Waals surface area contributed by atoms with Gasteiger partial charge in [0.1, 0.15) is 5.75 Å². The Balaban J connectivity index is 2.55. The summed E-state index contributed by atoms with van der Waals surface area (Å²) in [6, 6.07) is 7.56. The highest BCUT2D eigenvalue weighted by atomic mass is 31.2. The zero-order valence-electron chi connectivity index (χ0n) is 13.3. The van der Waals surface area contributed by atoms with E-state index in [1.807, 2.05) is 24.3 Å². The van der Waals surface area contributed by atoms with Gasteiger partial charge in [-0.25, -0.2) is 0 Å². The molecule has 1 rings (SSSR count). The van der Waals surface area contributed by atoms with Crippen molar-refractivity contribution in [3.05, 3.63) is 29.8 Å². The Morgan fingerprint density at radius 1 is 1.00 bits per heavy atom. The summed E-state index contributed by atoms with van der Waals surface area (Å²) in [5, 5.41) is 0. The predicted molar refractivity (Wildman–Crippen MR) is 86.0 cm³/mol. The lowest BCUT2D eigenvalue weighted by Crippen LogP contribution is -2.02. The second-order valence-corrected chi connectivity index (χ2v) is 7.18. The van der Waals surface area contributed by atoms with Crippen LogP contribution in [0.1, 0.15) is 45.1 Å². The van der Waals surface area contributed by atoms with Crippen molar-refractivity contribution >= 4 is 7.60 Å². The summed E-state index contributed by atoms with van der Waals surface area (Å²) in [7, 11) is -1.35. The predicted octanol–water partition coefficient (Wildman–Crippen LogP) is 5.02. The number of rotatable bonds is 11. The lowest BCUT2D eigenvalue weighted by molar-refractivity contribution is 0.195. The Morgan fingerprint density at radius 3 is 2.24 bits per heavy atom. The van der Waals surface area contributed by atoms with Gasteiger partial charge in [0.25, 0.3) is 0 Å². The molecule has 0 saturated heterocycles. The van der Waals surface area contributed by atoms with Gasteiger partial charge < -0.3 is 13.8 Å². The van der Waals surface area contributed by atoms with Gasteiger partial charge in [-0.1, -0.05) is 38.8 Å². The van der Waals surface area contributed by atoms with Gasteiger partial charge in [-0.2, -0.15) is 0 Å². The summed E-state index contributed by atoms with van der Waals surface area (Å²) in [6.07, 6.45) is 4.25. The maximum Gasteiger partial charge on any atom is 0.330 e. The Labute approximate surface area is 128 Å². The fourth-order valence-electron chi connectivity index (χ4n) is 1.76. The van der Waals surface area contributed by atoms with Gasteiger partial charge in [-0.15, -0.1) is 0 Å². The van der Waals surface area contributed by atoms with Crippen LogP contribution in [-0.4, -0.2) is 19.9 Å². The van der Waals surface area contributed by atoms with E-state index >= 15 is 0 Å². The molecule has 1 unspecified atom stereocenters. The van der Waals surface area contributed by atoms with Crippen LogP contribution in [0, 0.1) is 0 Å². The molecule has 4 nitrogen and oxygen atoms in total. The van der Waals surface area contributed by atoms with Gasteiger partial charge in [0.2, 0.25) is 0 Å². The Morgan fingerprint density at radius 2 is 1.67 bits per heavy atom. The molecule has 0 radical (unpaired) electrons. The van der Waals surface area contributed by atoms with Crippen molar-refractivity contribution in [1.29, 1.82) is 0 Å². The molecule has 0 aliphatic heterocycles. The van der Waals surface area contributed by atoms with Crippen LogP contribution in [-0.2, 0) is 20.2 Å². The molecule has 0 aliphatic rings. The number of benzene rings is 1. The van der Waals surface area contributed by atoms with Crippen LogP contribution in [0.5, 0.6) is 5.75 Å². The first-order valence-electron chi connectivity index (χ1n) is 7.64. The molecule has 0 fully saturated rings. The first-order valence-corrected chi connectivity index (χ1v) is 9.37. The molecule has 0 aromatic heterocycles. The minimum absolute atomic E-state index is 0.303. The molecule has 0 bridgehead atoms. The number of unbranched alkanes of at least 4 members (excludes halogenated alkanes) is 2. The molecular weight excluding hydrogens is 287 g/mol. The van der Waals surface area contributed by atoms with E-state index in [2.05, 4.69) is 13.8 Å². The molecule has 0 amide bonds. The topological polar surface area (TPSA) is 44.8 Å². The average Bonchev–Trinajstić information content (AvgIpc) is 2.52. The molecular formula is C16H27O4P. The molecule has 5 heteroatoms. The maximum atomic E-state index is 12.7. The summed E-state index contributed by atoms with van der Waals surface area (Å²) in [6.45, 7) is 4.95. The Hall–Kier alpha value is -0.830. The van der Waals surface area contributed by atoms with Gasteiger partial charge in [0, 0.05) is 0 Å². The van der Waals surface area contributed by atoms with Gasteiger partial charge >= 0.3 is 7.60 Å². The molecule has 120 valence electrons. The number of methoxy groups -OCH3 is 1. The van der Waals surface area contributed by atoms with Gasteiger partial charge in [0.15, 0.2) is 0 Å². The van der Waals surface area contributed by atoms with Crippen molar-refractivity contribution in [2.75, 3.05) is 19.9 Å². The van der Waals surface area contributed by atoms with Gasteiger partial charge in [-0.05, 0) is 30.5 Å². The summed E-state index contributed by atoms with van der Waals surface area (Å²) in [5.74, 6) is 0.798. The normalized spacial score (nSPS) is 13.9. The third kappa shape index (κ3) is 7.12. The summed E-state index contributed by atoms with van der Waals surface area (Å²) >= 11 is 0. The molecule has 0 N–H and O–H groups in total. The second kappa shape index (κ2) is 9.99. The van der Waals surface area contributed by atoms with E-state index in [9.17, 15) is 4.57 Å². The van der Waals surface area contributed by atoms with Gasteiger partial charge in [-0.3, -0.25) is 4.57 Å². The molecule has 0 saturated carbocycles. The molecule has 0 spiro atoms. The van der Waals surface area contributed by atoms with Crippen LogP contribution in [0.15, 0.2) is 24.3 Å². The standard InChI is InChI=1S/C16H27O4P/c1-4-6-12-19-21(17,13-7-5-2)20-14-15-8-10-16(18-3)11-9-15/h8-11H,4-7,12-14H2,1-3H3. The fraction of sp³-hybridized carbons (Fsp3) is 0.625. The highest BCUT2D eigenvalue weighted by Gasteiger charge is 2.23. The van der Waals surface area contributed by atoms with E-state index in [-0.39, 0.29) is 0 Å².